The van der Waals surface area contributed by atoms with Crippen molar-refractivity contribution < 1.29 is 0 Å². The molecule has 1 saturated carbocycles. The zero-order valence-corrected chi connectivity index (χ0v) is 11.9. The molecule has 0 unspecified atom stereocenters. The van der Waals surface area contributed by atoms with Crippen LogP contribution in [-0.2, 0) is 0 Å². The fraction of sp³-hybridized carbons (Fsp3) is 0.625. The van der Waals surface area contributed by atoms with Crippen molar-refractivity contribution in [1.29, 1.82) is 0 Å². The van der Waals surface area contributed by atoms with Gasteiger partial charge in [-0.3, -0.25) is 4.90 Å². The average Bonchev–Trinajstić information content (AvgIpc) is 3.16. The summed E-state index contributed by atoms with van der Waals surface area (Å²) in [5.41, 5.74) is 1.21. The van der Waals surface area contributed by atoms with Crippen molar-refractivity contribution in [3.63, 3.8) is 0 Å². The molecular weight excluding hydrogens is 248 g/mol. The first kappa shape index (κ1) is 12.3. The first-order valence-electron chi connectivity index (χ1n) is 7.92. The second-order valence-corrected chi connectivity index (χ2v) is 6.19. The molecule has 2 atom stereocenters. The molecule has 0 radical (unpaired) electrons. The number of anilines is 1. The topological polar surface area (TPSA) is 31.2 Å². The molecule has 1 aromatic rings. The van der Waals surface area contributed by atoms with Gasteiger partial charge in [-0.2, -0.15) is 5.11 Å². The zero-order chi connectivity index (χ0) is 13.4. The molecule has 0 aromatic heterocycles. The summed E-state index contributed by atoms with van der Waals surface area (Å²) >= 11 is 0. The number of para-hydroxylation sites is 1. The molecule has 0 amide bonds. The maximum Gasteiger partial charge on any atom is 0.141 e. The van der Waals surface area contributed by atoms with E-state index in [0.717, 1.165) is 0 Å². The fourth-order valence-corrected chi connectivity index (χ4v) is 4.16. The van der Waals surface area contributed by atoms with Crippen molar-refractivity contribution >= 4 is 5.69 Å². The minimum absolute atomic E-state index is 0.0239. The highest BCUT2D eigenvalue weighted by Gasteiger charge is 2.54. The maximum absolute atomic E-state index is 4.64. The molecule has 1 aliphatic carbocycles. The summed E-state index contributed by atoms with van der Waals surface area (Å²) in [5, 5.41) is 11.4. The third-order valence-electron chi connectivity index (χ3n) is 5.11. The van der Waals surface area contributed by atoms with Gasteiger partial charge in [0.15, 0.2) is 0 Å². The number of hydrogen-bond acceptors (Lipinski definition) is 4. The van der Waals surface area contributed by atoms with E-state index in [9.17, 15) is 0 Å². The largest absolute Gasteiger partial charge is 0.277 e. The lowest BCUT2D eigenvalue weighted by Crippen LogP contribution is -2.63. The molecular formula is C16H22N4. The molecule has 3 aliphatic rings. The summed E-state index contributed by atoms with van der Waals surface area (Å²) in [6.45, 7) is 2.40. The predicted molar refractivity (Wildman–Crippen MR) is 79.6 cm³/mol. The van der Waals surface area contributed by atoms with Crippen molar-refractivity contribution in [2.45, 2.75) is 50.2 Å². The van der Waals surface area contributed by atoms with Crippen molar-refractivity contribution in [1.82, 2.24) is 4.90 Å². The normalized spacial score (nSPS) is 33.6. The molecule has 4 nitrogen and oxygen atoms in total. The quantitative estimate of drug-likeness (QED) is 0.822. The van der Waals surface area contributed by atoms with E-state index in [-0.39, 0.29) is 5.66 Å². The number of nitrogens with zero attached hydrogens (tertiary/aromatic N) is 4. The van der Waals surface area contributed by atoms with Gasteiger partial charge in [0.1, 0.15) is 11.7 Å². The molecule has 2 fully saturated rings. The molecule has 106 valence electrons. The number of rotatable bonds is 2. The van der Waals surface area contributed by atoms with Crippen molar-refractivity contribution in [2.24, 2.45) is 10.3 Å². The minimum Gasteiger partial charge on any atom is -0.277 e. The number of hydrogen-bond donors (Lipinski definition) is 0. The summed E-state index contributed by atoms with van der Waals surface area (Å²) in [4.78, 5) is 2.66. The molecule has 20 heavy (non-hydrogen) atoms. The van der Waals surface area contributed by atoms with Gasteiger partial charge in [0.05, 0.1) is 5.69 Å². The van der Waals surface area contributed by atoms with Gasteiger partial charge in [0.25, 0.3) is 0 Å². The molecule has 4 heteroatoms. The molecule has 0 N–H and O–H groups in total. The van der Waals surface area contributed by atoms with E-state index in [1.165, 1.54) is 57.3 Å². The van der Waals surface area contributed by atoms with E-state index in [1.54, 1.807) is 0 Å². The Labute approximate surface area is 120 Å². The zero-order valence-electron chi connectivity index (χ0n) is 11.9. The van der Waals surface area contributed by atoms with Crippen LogP contribution in [0.15, 0.2) is 40.7 Å². The first-order chi connectivity index (χ1) is 9.91. The molecule has 0 spiro atoms. The van der Waals surface area contributed by atoms with Gasteiger partial charge in [-0.25, -0.2) is 5.01 Å². The van der Waals surface area contributed by atoms with Gasteiger partial charge < -0.3 is 0 Å². The average molecular weight is 270 g/mol. The lowest BCUT2D eigenvalue weighted by Gasteiger charge is -2.48. The Morgan fingerprint density at radius 2 is 1.80 bits per heavy atom. The number of benzene rings is 1. The van der Waals surface area contributed by atoms with Crippen LogP contribution in [0.4, 0.5) is 5.69 Å². The number of fused-ring (bicyclic) bond motifs is 1. The van der Waals surface area contributed by atoms with E-state index in [4.69, 9.17) is 0 Å². The van der Waals surface area contributed by atoms with Crippen LogP contribution in [0.5, 0.6) is 0 Å². The lowest BCUT2D eigenvalue weighted by molar-refractivity contribution is 0.0674. The predicted octanol–water partition coefficient (Wildman–Crippen LogP) is 3.61. The van der Waals surface area contributed by atoms with E-state index < -0.39 is 0 Å². The first-order valence-corrected chi connectivity index (χ1v) is 7.92. The second kappa shape index (κ2) is 4.85. The molecule has 2 aliphatic heterocycles. The molecule has 2 heterocycles. The Hall–Kier alpha value is -1.42. The van der Waals surface area contributed by atoms with E-state index in [1.807, 2.05) is 0 Å². The SMILES string of the molecule is c1ccc(N2N=N[C@@H]3CCCC[C@@]32N2CCCC2)cc1. The second-order valence-electron chi connectivity index (χ2n) is 6.19. The van der Waals surface area contributed by atoms with Gasteiger partial charge in [-0.15, -0.1) is 0 Å². The Bertz CT molecular complexity index is 494. The van der Waals surface area contributed by atoms with Crippen molar-refractivity contribution in [2.75, 3.05) is 18.1 Å². The summed E-state index contributed by atoms with van der Waals surface area (Å²) in [6.07, 6.45) is 7.60. The van der Waals surface area contributed by atoms with E-state index in [2.05, 4.69) is 50.6 Å². The van der Waals surface area contributed by atoms with Crippen LogP contribution in [0, 0.1) is 0 Å². The standard InChI is InChI=1S/C16H22N4/c1-2-8-14(9-3-1)20-16(19-12-6-7-13-19)11-5-4-10-15(16)17-18-20/h1-3,8-9,15H,4-7,10-13H2/t15-,16+/m1/s1. The Morgan fingerprint density at radius 1 is 1.00 bits per heavy atom. The van der Waals surface area contributed by atoms with Gasteiger partial charge >= 0.3 is 0 Å². The Balaban J connectivity index is 1.75. The van der Waals surface area contributed by atoms with Gasteiger partial charge in [-0.05, 0) is 44.2 Å². The fourth-order valence-electron chi connectivity index (χ4n) is 4.16. The van der Waals surface area contributed by atoms with Crippen LogP contribution in [0.2, 0.25) is 0 Å². The Kier molecular flexibility index (Phi) is 2.99. The Morgan fingerprint density at radius 3 is 2.60 bits per heavy atom. The summed E-state index contributed by atoms with van der Waals surface area (Å²) in [6, 6.07) is 10.9. The van der Waals surface area contributed by atoms with E-state index >= 15 is 0 Å². The highest BCUT2D eigenvalue weighted by Crippen LogP contribution is 2.46. The van der Waals surface area contributed by atoms with Gasteiger partial charge in [0.2, 0.25) is 0 Å². The third kappa shape index (κ3) is 1.71. The summed E-state index contributed by atoms with van der Waals surface area (Å²) in [5.74, 6) is 0. The van der Waals surface area contributed by atoms with Crippen molar-refractivity contribution in [3.8, 4) is 0 Å². The lowest BCUT2D eigenvalue weighted by atomic mass is 9.83. The summed E-state index contributed by atoms with van der Waals surface area (Å²) < 4.78 is 0. The maximum atomic E-state index is 4.64. The highest BCUT2D eigenvalue weighted by molar-refractivity contribution is 5.49. The third-order valence-corrected chi connectivity index (χ3v) is 5.11. The van der Waals surface area contributed by atoms with Crippen LogP contribution in [0.3, 0.4) is 0 Å². The van der Waals surface area contributed by atoms with Gasteiger partial charge in [0, 0.05) is 13.1 Å². The monoisotopic (exact) mass is 270 g/mol. The number of likely N-dealkylation sites (tertiary alicyclic amines) is 1. The van der Waals surface area contributed by atoms with Crippen LogP contribution in [0.1, 0.15) is 38.5 Å². The van der Waals surface area contributed by atoms with Gasteiger partial charge in [-0.1, -0.05) is 29.8 Å². The highest BCUT2D eigenvalue weighted by atomic mass is 15.7. The molecule has 4 rings (SSSR count). The van der Waals surface area contributed by atoms with E-state index in [0.29, 0.717) is 6.04 Å². The van der Waals surface area contributed by atoms with Crippen LogP contribution in [-0.4, -0.2) is 29.7 Å². The molecule has 0 bridgehead atoms. The van der Waals surface area contributed by atoms with Crippen LogP contribution < -0.4 is 5.01 Å². The summed E-state index contributed by atoms with van der Waals surface area (Å²) in [7, 11) is 0. The van der Waals surface area contributed by atoms with Crippen molar-refractivity contribution in [3.05, 3.63) is 30.3 Å². The molecule has 1 aromatic carbocycles. The molecule has 1 saturated heterocycles. The smallest absolute Gasteiger partial charge is 0.141 e. The van der Waals surface area contributed by atoms with Crippen LogP contribution in [0.25, 0.3) is 0 Å². The van der Waals surface area contributed by atoms with Crippen LogP contribution >= 0.6 is 0 Å². The minimum atomic E-state index is 0.0239.